The zero-order chi connectivity index (χ0) is 24.6. The van der Waals surface area contributed by atoms with Crippen molar-refractivity contribution in [1.29, 1.82) is 0 Å². The Morgan fingerprint density at radius 1 is 0.971 bits per heavy atom. The van der Waals surface area contributed by atoms with Crippen LogP contribution in [0.5, 0.6) is 5.75 Å². The Morgan fingerprint density at radius 3 is 2.37 bits per heavy atom. The van der Waals surface area contributed by atoms with Gasteiger partial charge >= 0.3 is 0 Å². The Balaban J connectivity index is 1.56. The molecule has 0 fully saturated rings. The van der Waals surface area contributed by atoms with Crippen LogP contribution in [0.3, 0.4) is 0 Å². The number of anilines is 2. The van der Waals surface area contributed by atoms with Crippen molar-refractivity contribution < 1.29 is 14.3 Å². The zero-order valence-corrected chi connectivity index (χ0v) is 20.4. The average Bonchev–Trinajstić information content (AvgIpc) is 2.97. The van der Waals surface area contributed by atoms with E-state index in [-0.39, 0.29) is 17.1 Å². The molecule has 5 rings (SSSR count). The number of para-hydroxylation sites is 2. The highest BCUT2D eigenvalue weighted by Crippen LogP contribution is 2.48. The quantitative estimate of drug-likeness (QED) is 0.481. The molecule has 3 aromatic carbocycles. The lowest BCUT2D eigenvalue weighted by atomic mass is 9.73. The largest absolute Gasteiger partial charge is 0.489 e. The summed E-state index contributed by atoms with van der Waals surface area (Å²) in [5.74, 6) is 0.710. The van der Waals surface area contributed by atoms with Gasteiger partial charge in [0, 0.05) is 24.6 Å². The van der Waals surface area contributed by atoms with Crippen LogP contribution in [-0.2, 0) is 16.2 Å². The van der Waals surface area contributed by atoms with Crippen LogP contribution >= 0.6 is 0 Å². The van der Waals surface area contributed by atoms with Crippen LogP contribution in [0.15, 0.2) is 90.1 Å². The van der Waals surface area contributed by atoms with E-state index in [4.69, 9.17) is 4.74 Å². The molecule has 1 N–H and O–H groups in total. The number of rotatable bonds is 4. The molecule has 0 aromatic heterocycles. The summed E-state index contributed by atoms with van der Waals surface area (Å²) in [6.45, 7) is 6.26. The highest BCUT2D eigenvalue weighted by molar-refractivity contribution is 6.05. The van der Waals surface area contributed by atoms with Crippen LogP contribution in [0.2, 0.25) is 0 Å². The number of amides is 1. The van der Waals surface area contributed by atoms with Crippen molar-refractivity contribution in [3.8, 4) is 5.75 Å². The Labute approximate surface area is 206 Å². The lowest BCUT2D eigenvalue weighted by molar-refractivity contribution is -0.118. The first-order valence-electron chi connectivity index (χ1n) is 12.0. The van der Waals surface area contributed by atoms with Gasteiger partial charge in [0.15, 0.2) is 5.78 Å². The van der Waals surface area contributed by atoms with Crippen LogP contribution in [0.25, 0.3) is 0 Å². The summed E-state index contributed by atoms with van der Waals surface area (Å²) in [6.07, 6.45) is 1.19. The summed E-state index contributed by atoms with van der Waals surface area (Å²) in [5, 5.41) is 3.52. The maximum Gasteiger partial charge on any atom is 0.224 e. The summed E-state index contributed by atoms with van der Waals surface area (Å²) in [6, 6.07) is 25.0. The highest BCUT2D eigenvalue weighted by Gasteiger charge is 2.42. The summed E-state index contributed by atoms with van der Waals surface area (Å²) in [4.78, 5) is 28.4. The van der Waals surface area contributed by atoms with E-state index in [9.17, 15) is 9.59 Å². The molecule has 1 aliphatic carbocycles. The molecular formula is C30H30N2O3. The van der Waals surface area contributed by atoms with Crippen LogP contribution in [0, 0.1) is 5.41 Å². The number of nitrogens with zero attached hydrogens (tertiary/aromatic N) is 1. The molecule has 0 unspecified atom stereocenters. The van der Waals surface area contributed by atoms with Crippen molar-refractivity contribution in [3.63, 3.8) is 0 Å². The maximum atomic E-state index is 13.6. The van der Waals surface area contributed by atoms with Gasteiger partial charge in [-0.2, -0.15) is 0 Å². The standard InChI is InChI=1S/C30H30N2O3/c1-20(33)32-26-12-8-7-11-24(26)31-25-17-30(2,3)18-27(34)28(25)29(32)22-13-15-23(16-14-22)35-19-21-9-5-4-6-10-21/h4-16,29,31H,17-19H2,1-3H3/t29-/m1/s1. The van der Waals surface area contributed by atoms with E-state index in [2.05, 4.69) is 19.2 Å². The minimum Gasteiger partial charge on any atom is -0.489 e. The van der Waals surface area contributed by atoms with Crippen LogP contribution in [0.4, 0.5) is 11.4 Å². The highest BCUT2D eigenvalue weighted by atomic mass is 16.5. The van der Waals surface area contributed by atoms with E-state index in [1.807, 2.05) is 78.9 Å². The van der Waals surface area contributed by atoms with Crippen molar-refractivity contribution in [3.05, 3.63) is 101 Å². The van der Waals surface area contributed by atoms with E-state index in [1.54, 1.807) is 11.8 Å². The number of carbonyl (C=O) groups excluding carboxylic acids is 2. The summed E-state index contributed by atoms with van der Waals surface area (Å²) in [7, 11) is 0. The van der Waals surface area contributed by atoms with E-state index >= 15 is 0 Å². The molecule has 5 heteroatoms. The van der Waals surface area contributed by atoms with Gasteiger partial charge in [0.05, 0.1) is 17.4 Å². The van der Waals surface area contributed by atoms with Crippen molar-refractivity contribution >= 4 is 23.1 Å². The fourth-order valence-electron chi connectivity index (χ4n) is 5.14. The molecular weight excluding hydrogens is 436 g/mol. The molecule has 0 saturated heterocycles. The number of hydrogen-bond acceptors (Lipinski definition) is 4. The molecule has 0 bridgehead atoms. The molecule has 178 valence electrons. The number of benzene rings is 3. The molecule has 3 aromatic rings. The molecule has 1 heterocycles. The molecule has 2 aliphatic rings. The average molecular weight is 467 g/mol. The first-order valence-corrected chi connectivity index (χ1v) is 12.0. The van der Waals surface area contributed by atoms with Gasteiger partial charge in [-0.25, -0.2) is 0 Å². The van der Waals surface area contributed by atoms with E-state index in [0.29, 0.717) is 18.6 Å². The second-order valence-corrected chi connectivity index (χ2v) is 10.1. The number of carbonyl (C=O) groups is 2. The lowest BCUT2D eigenvalue weighted by Gasteiger charge is -2.36. The van der Waals surface area contributed by atoms with Gasteiger partial charge in [-0.1, -0.05) is 68.4 Å². The monoisotopic (exact) mass is 466 g/mol. The second kappa shape index (κ2) is 9.06. The number of allylic oxidation sites excluding steroid dienone is 1. The topological polar surface area (TPSA) is 58.6 Å². The Bertz CT molecular complexity index is 1290. The van der Waals surface area contributed by atoms with Crippen molar-refractivity contribution in [1.82, 2.24) is 0 Å². The third-order valence-corrected chi connectivity index (χ3v) is 6.68. The SMILES string of the molecule is CC(=O)N1c2ccccc2NC2=C(C(=O)CC(C)(C)C2)[C@H]1c1ccc(OCc2ccccc2)cc1. The molecule has 1 aliphatic heterocycles. The fraction of sp³-hybridized carbons (Fsp3) is 0.267. The Kier molecular flexibility index (Phi) is 5.93. The summed E-state index contributed by atoms with van der Waals surface area (Å²) >= 11 is 0. The van der Waals surface area contributed by atoms with E-state index in [0.717, 1.165) is 40.4 Å². The van der Waals surface area contributed by atoms with Gasteiger partial charge in [0.25, 0.3) is 0 Å². The molecule has 35 heavy (non-hydrogen) atoms. The predicted molar refractivity (Wildman–Crippen MR) is 138 cm³/mol. The van der Waals surface area contributed by atoms with E-state index in [1.165, 1.54) is 0 Å². The molecule has 0 saturated carbocycles. The van der Waals surface area contributed by atoms with E-state index < -0.39 is 6.04 Å². The molecule has 5 nitrogen and oxygen atoms in total. The molecule has 0 spiro atoms. The van der Waals surface area contributed by atoms with Gasteiger partial charge in [-0.3, -0.25) is 14.5 Å². The Morgan fingerprint density at radius 2 is 1.66 bits per heavy atom. The third-order valence-electron chi connectivity index (χ3n) is 6.68. The van der Waals surface area contributed by atoms with Gasteiger partial charge in [-0.15, -0.1) is 0 Å². The number of Topliss-reactive ketones (excluding diaryl/α,β-unsaturated/α-hetero) is 1. The molecule has 1 atom stereocenters. The number of nitrogens with one attached hydrogen (secondary N) is 1. The smallest absolute Gasteiger partial charge is 0.224 e. The van der Waals surface area contributed by atoms with Gasteiger partial charge < -0.3 is 10.1 Å². The van der Waals surface area contributed by atoms with Gasteiger partial charge in [-0.05, 0) is 47.2 Å². The fourth-order valence-corrected chi connectivity index (χ4v) is 5.14. The summed E-state index contributed by atoms with van der Waals surface area (Å²) < 4.78 is 5.97. The van der Waals surface area contributed by atoms with Crippen LogP contribution in [0.1, 0.15) is 50.8 Å². The third kappa shape index (κ3) is 4.59. The van der Waals surface area contributed by atoms with Gasteiger partial charge in [0.2, 0.25) is 5.91 Å². The first kappa shape index (κ1) is 22.9. The summed E-state index contributed by atoms with van der Waals surface area (Å²) in [5.41, 5.74) is 5.01. The zero-order valence-electron chi connectivity index (χ0n) is 20.4. The lowest BCUT2D eigenvalue weighted by Crippen LogP contribution is -2.38. The molecule has 1 amide bonds. The number of hydrogen-bond donors (Lipinski definition) is 1. The van der Waals surface area contributed by atoms with Crippen LogP contribution < -0.4 is 15.0 Å². The first-order chi connectivity index (χ1) is 16.8. The normalized spacial score (nSPS) is 18.8. The predicted octanol–water partition coefficient (Wildman–Crippen LogP) is 6.43. The second-order valence-electron chi connectivity index (χ2n) is 10.1. The number of ketones is 1. The maximum absolute atomic E-state index is 13.6. The van der Waals surface area contributed by atoms with Crippen molar-refractivity contribution in [2.75, 3.05) is 10.2 Å². The van der Waals surface area contributed by atoms with Crippen LogP contribution in [-0.4, -0.2) is 11.7 Å². The minimum atomic E-state index is -0.509. The molecule has 0 radical (unpaired) electrons. The van der Waals surface area contributed by atoms with Gasteiger partial charge in [0.1, 0.15) is 12.4 Å². The van der Waals surface area contributed by atoms with Crippen molar-refractivity contribution in [2.24, 2.45) is 5.41 Å². The Hall–Kier alpha value is -3.86. The number of ether oxygens (including phenoxy) is 1. The minimum absolute atomic E-state index is 0.0808. The number of fused-ring (bicyclic) bond motifs is 1. The van der Waals surface area contributed by atoms with Crippen molar-refractivity contribution in [2.45, 2.75) is 46.3 Å².